The Morgan fingerprint density at radius 1 is 0.761 bits per heavy atom. The van der Waals surface area contributed by atoms with E-state index in [1.165, 1.54) is 67.0 Å². The summed E-state index contributed by atoms with van der Waals surface area (Å²) in [5, 5.41) is 0. The van der Waals surface area contributed by atoms with Gasteiger partial charge in [-0.05, 0) is 101 Å². The van der Waals surface area contributed by atoms with Crippen LogP contribution in [0.4, 0.5) is 5.69 Å². The van der Waals surface area contributed by atoms with E-state index in [0.29, 0.717) is 5.92 Å². The van der Waals surface area contributed by atoms with Crippen LogP contribution in [0.25, 0.3) is 16.7 Å². The third-order valence-corrected chi connectivity index (χ3v) is 10.3. The lowest BCUT2D eigenvalue weighted by Gasteiger charge is -2.34. The van der Waals surface area contributed by atoms with E-state index >= 15 is 0 Å². The molecule has 5 aromatic carbocycles. The molecule has 1 aliphatic heterocycles. The fourth-order valence-electron chi connectivity index (χ4n) is 8.16. The molecule has 0 saturated carbocycles. The first-order chi connectivity index (χ1) is 22.7. The molecule has 1 nitrogen and oxygen atoms in total. The highest BCUT2D eigenvalue weighted by Crippen LogP contribution is 2.57. The SMILES string of the molecule is C/C=C(\CCC1=CN(c2ccc3c(c2)C(c2ccccc2)(c2ccccc2)c2ccccc2-3)C2=CC=CCC12)c1cccc(C)c1. The molecule has 1 unspecified atom stereocenters. The van der Waals surface area contributed by atoms with Crippen LogP contribution in [-0.4, -0.2) is 0 Å². The lowest BCUT2D eigenvalue weighted by atomic mass is 9.67. The van der Waals surface area contributed by atoms with Crippen molar-refractivity contribution in [2.24, 2.45) is 5.92 Å². The summed E-state index contributed by atoms with van der Waals surface area (Å²) in [6.07, 6.45) is 14.8. The van der Waals surface area contributed by atoms with E-state index < -0.39 is 5.41 Å². The minimum Gasteiger partial charge on any atom is -0.320 e. The summed E-state index contributed by atoms with van der Waals surface area (Å²) in [5.41, 5.74) is 15.8. The molecule has 0 saturated heterocycles. The minimum absolute atomic E-state index is 0.397. The first-order valence-electron chi connectivity index (χ1n) is 16.6. The fraction of sp³-hybridized carbons (Fsp3) is 0.156. The Morgan fingerprint density at radius 3 is 2.22 bits per heavy atom. The number of hydrogen-bond acceptors (Lipinski definition) is 1. The number of fused-ring (bicyclic) bond motifs is 4. The number of benzene rings is 5. The van der Waals surface area contributed by atoms with Crippen molar-refractivity contribution in [1.29, 1.82) is 0 Å². The highest BCUT2D eigenvalue weighted by atomic mass is 15.2. The smallest absolute Gasteiger partial charge is 0.0714 e. The second-order valence-corrected chi connectivity index (χ2v) is 12.8. The molecule has 46 heavy (non-hydrogen) atoms. The first-order valence-corrected chi connectivity index (χ1v) is 16.6. The lowest BCUT2D eigenvalue weighted by molar-refractivity contribution is 0.699. The number of hydrogen-bond donors (Lipinski definition) is 0. The molecular formula is C45H39N. The Labute approximate surface area is 273 Å². The van der Waals surface area contributed by atoms with Gasteiger partial charge in [0.05, 0.1) is 5.41 Å². The predicted molar refractivity (Wildman–Crippen MR) is 194 cm³/mol. The number of allylic oxidation sites excluding steroid dienone is 6. The van der Waals surface area contributed by atoms with Crippen LogP contribution >= 0.6 is 0 Å². The molecule has 8 rings (SSSR count). The largest absolute Gasteiger partial charge is 0.320 e. The molecule has 0 spiro atoms. The second-order valence-electron chi connectivity index (χ2n) is 12.8. The van der Waals surface area contributed by atoms with Crippen LogP contribution in [0.3, 0.4) is 0 Å². The van der Waals surface area contributed by atoms with Crippen LogP contribution < -0.4 is 4.90 Å². The maximum Gasteiger partial charge on any atom is 0.0714 e. The van der Waals surface area contributed by atoms with Crippen molar-refractivity contribution in [3.05, 3.63) is 203 Å². The second kappa shape index (κ2) is 11.7. The van der Waals surface area contributed by atoms with Gasteiger partial charge in [0.1, 0.15) is 0 Å². The average molecular weight is 594 g/mol. The van der Waals surface area contributed by atoms with E-state index in [2.05, 4.69) is 177 Å². The molecule has 3 aliphatic rings. The van der Waals surface area contributed by atoms with Crippen LogP contribution in [0, 0.1) is 12.8 Å². The lowest BCUT2D eigenvalue weighted by Crippen LogP contribution is -2.28. The van der Waals surface area contributed by atoms with Gasteiger partial charge in [-0.15, -0.1) is 0 Å². The molecule has 1 atom stereocenters. The molecule has 5 aromatic rings. The summed E-state index contributed by atoms with van der Waals surface area (Å²) in [7, 11) is 0. The summed E-state index contributed by atoms with van der Waals surface area (Å²) < 4.78 is 0. The van der Waals surface area contributed by atoms with E-state index in [1.54, 1.807) is 0 Å². The van der Waals surface area contributed by atoms with Crippen LogP contribution in [0.1, 0.15) is 59.6 Å². The van der Waals surface area contributed by atoms with Gasteiger partial charge < -0.3 is 4.90 Å². The van der Waals surface area contributed by atoms with E-state index in [4.69, 9.17) is 0 Å². The van der Waals surface area contributed by atoms with Crippen LogP contribution in [-0.2, 0) is 5.41 Å². The van der Waals surface area contributed by atoms with Gasteiger partial charge in [0.2, 0.25) is 0 Å². The van der Waals surface area contributed by atoms with E-state index in [1.807, 2.05) is 0 Å². The Hall–Kier alpha value is -5.14. The van der Waals surface area contributed by atoms with Crippen molar-refractivity contribution in [3.63, 3.8) is 0 Å². The Balaban J connectivity index is 1.24. The molecule has 0 fully saturated rings. The summed E-state index contributed by atoms with van der Waals surface area (Å²) in [6.45, 7) is 4.36. The third-order valence-electron chi connectivity index (χ3n) is 10.3. The molecule has 0 N–H and O–H groups in total. The van der Waals surface area contributed by atoms with Crippen molar-refractivity contribution in [2.75, 3.05) is 4.90 Å². The van der Waals surface area contributed by atoms with Crippen molar-refractivity contribution in [2.45, 2.75) is 38.5 Å². The zero-order valence-electron chi connectivity index (χ0n) is 26.7. The van der Waals surface area contributed by atoms with Gasteiger partial charge >= 0.3 is 0 Å². The Bertz CT molecular complexity index is 2000. The third kappa shape index (κ3) is 4.53. The van der Waals surface area contributed by atoms with Gasteiger partial charge in [-0.2, -0.15) is 0 Å². The van der Waals surface area contributed by atoms with Gasteiger partial charge in [-0.1, -0.05) is 139 Å². The van der Waals surface area contributed by atoms with Crippen molar-refractivity contribution in [1.82, 2.24) is 0 Å². The maximum atomic E-state index is 2.48. The quantitative estimate of drug-likeness (QED) is 0.178. The molecule has 224 valence electrons. The highest BCUT2D eigenvalue weighted by Gasteiger charge is 2.46. The zero-order valence-corrected chi connectivity index (χ0v) is 26.7. The predicted octanol–water partition coefficient (Wildman–Crippen LogP) is 11.4. The van der Waals surface area contributed by atoms with Crippen LogP contribution in [0.5, 0.6) is 0 Å². The van der Waals surface area contributed by atoms with Crippen molar-refractivity contribution in [3.8, 4) is 11.1 Å². The first kappa shape index (κ1) is 28.3. The maximum absolute atomic E-state index is 2.48. The van der Waals surface area contributed by atoms with Gasteiger partial charge in [0.15, 0.2) is 0 Å². The Kier molecular flexibility index (Phi) is 7.18. The molecule has 0 bridgehead atoms. The Morgan fingerprint density at radius 2 is 1.48 bits per heavy atom. The number of aryl methyl sites for hydroxylation is 1. The number of anilines is 1. The number of nitrogens with zero attached hydrogens (tertiary/aromatic N) is 1. The molecule has 2 aliphatic carbocycles. The van der Waals surface area contributed by atoms with Gasteiger partial charge in [-0.3, -0.25) is 0 Å². The molecule has 0 amide bonds. The molecule has 1 heteroatoms. The average Bonchev–Trinajstić information content (AvgIpc) is 3.63. The summed E-state index contributed by atoms with van der Waals surface area (Å²) in [4.78, 5) is 2.48. The molecule has 0 radical (unpaired) electrons. The van der Waals surface area contributed by atoms with E-state index in [-0.39, 0.29) is 0 Å². The monoisotopic (exact) mass is 593 g/mol. The molecule has 0 aromatic heterocycles. The highest BCUT2D eigenvalue weighted by molar-refractivity contribution is 5.88. The zero-order chi connectivity index (χ0) is 31.1. The van der Waals surface area contributed by atoms with Gasteiger partial charge in [-0.25, -0.2) is 0 Å². The van der Waals surface area contributed by atoms with Gasteiger partial charge in [0.25, 0.3) is 0 Å². The van der Waals surface area contributed by atoms with Crippen molar-refractivity contribution < 1.29 is 0 Å². The summed E-state index contributed by atoms with van der Waals surface area (Å²) in [5.74, 6) is 0.416. The number of rotatable bonds is 7. The van der Waals surface area contributed by atoms with Crippen LogP contribution in [0.2, 0.25) is 0 Å². The molecule has 1 heterocycles. The minimum atomic E-state index is -0.397. The standard InChI is InChI=1S/C45H39N/c1-3-33(34-16-14-15-32(2)29-34)25-26-35-31-46(44-24-13-11-21-39(35)44)38-27-28-41-40-22-10-12-23-42(40)45(43(41)30-38,36-17-6-4-7-18-36)37-19-8-5-9-20-37/h3-20,22-24,27-31,39H,21,25-26H2,1-2H3/b33-3+. The van der Waals surface area contributed by atoms with E-state index in [9.17, 15) is 0 Å². The normalized spacial score (nSPS) is 17.7. The van der Waals surface area contributed by atoms with Crippen LogP contribution in [0.15, 0.2) is 169 Å². The topological polar surface area (TPSA) is 3.24 Å². The van der Waals surface area contributed by atoms with Gasteiger partial charge in [0, 0.05) is 23.5 Å². The fourth-order valence-corrected chi connectivity index (χ4v) is 8.16. The molecular weight excluding hydrogens is 555 g/mol. The summed E-state index contributed by atoms with van der Waals surface area (Å²) in [6, 6.07) is 47.3. The van der Waals surface area contributed by atoms with E-state index in [0.717, 1.165) is 19.3 Å². The van der Waals surface area contributed by atoms with Crippen molar-refractivity contribution >= 4 is 11.3 Å². The summed E-state index contributed by atoms with van der Waals surface area (Å²) >= 11 is 0.